The van der Waals surface area contributed by atoms with E-state index < -0.39 is 8.07 Å². The molecule has 76 valence electrons. The van der Waals surface area contributed by atoms with Crippen LogP contribution < -0.4 is 0 Å². The maximum Gasteiger partial charge on any atom is 0.154 e. The maximum absolute atomic E-state index is 8.87. The standard InChI is InChI=1S/C10H16N2SSi/c1-8-12-9(7-11)10(13-8)5-6-14(2,3)4/h5-6H2,1-4H3. The Morgan fingerprint density at radius 2 is 2.07 bits per heavy atom. The molecule has 0 unspecified atom stereocenters. The quantitative estimate of drug-likeness (QED) is 0.739. The van der Waals surface area contributed by atoms with Gasteiger partial charge in [-0.2, -0.15) is 5.26 Å². The van der Waals surface area contributed by atoms with E-state index in [-0.39, 0.29) is 0 Å². The second kappa shape index (κ2) is 4.24. The summed E-state index contributed by atoms with van der Waals surface area (Å²) in [6.07, 6.45) is 1.03. The molecule has 0 aliphatic rings. The third-order valence-electron chi connectivity index (χ3n) is 2.01. The predicted octanol–water partition coefficient (Wildman–Crippen LogP) is 3.20. The summed E-state index contributed by atoms with van der Waals surface area (Å²) in [6.45, 7) is 9.02. The summed E-state index contributed by atoms with van der Waals surface area (Å²) >= 11 is 1.67. The molecule has 4 heteroatoms. The zero-order valence-electron chi connectivity index (χ0n) is 9.22. The first kappa shape index (κ1) is 11.4. The Kier molecular flexibility index (Phi) is 3.46. The molecule has 1 aromatic heterocycles. The van der Waals surface area contributed by atoms with Crippen LogP contribution in [0.5, 0.6) is 0 Å². The molecule has 0 N–H and O–H groups in total. The average Bonchev–Trinajstić information content (AvgIpc) is 2.41. The smallest absolute Gasteiger partial charge is 0.154 e. The first-order valence-electron chi connectivity index (χ1n) is 4.79. The fraction of sp³-hybridized carbons (Fsp3) is 0.600. The highest BCUT2D eigenvalue weighted by molar-refractivity contribution is 7.11. The van der Waals surface area contributed by atoms with Gasteiger partial charge in [0.1, 0.15) is 6.07 Å². The summed E-state index contributed by atoms with van der Waals surface area (Å²) in [5.41, 5.74) is 0.644. The number of rotatable bonds is 3. The molecule has 1 aromatic rings. The van der Waals surface area contributed by atoms with Crippen molar-refractivity contribution in [3.8, 4) is 6.07 Å². The van der Waals surface area contributed by atoms with Gasteiger partial charge in [0, 0.05) is 13.0 Å². The van der Waals surface area contributed by atoms with E-state index in [1.54, 1.807) is 11.3 Å². The molecule has 0 spiro atoms. The van der Waals surface area contributed by atoms with Crippen LogP contribution in [0.3, 0.4) is 0 Å². The minimum Gasteiger partial charge on any atom is -0.231 e. The minimum absolute atomic E-state index is 0.644. The summed E-state index contributed by atoms with van der Waals surface area (Å²) in [6, 6.07) is 3.41. The van der Waals surface area contributed by atoms with Crippen molar-refractivity contribution in [1.82, 2.24) is 4.98 Å². The Bertz CT molecular complexity index is 357. The third-order valence-corrected chi connectivity index (χ3v) is 4.79. The van der Waals surface area contributed by atoms with Gasteiger partial charge in [-0.05, 0) is 13.3 Å². The monoisotopic (exact) mass is 224 g/mol. The molecule has 0 atom stereocenters. The Labute approximate surface area is 90.6 Å². The first-order valence-corrected chi connectivity index (χ1v) is 9.31. The van der Waals surface area contributed by atoms with E-state index in [4.69, 9.17) is 5.26 Å². The lowest BCUT2D eigenvalue weighted by atomic mass is 10.3. The Morgan fingerprint density at radius 3 is 2.57 bits per heavy atom. The number of nitrogens with zero attached hydrogens (tertiary/aromatic N) is 2. The van der Waals surface area contributed by atoms with Gasteiger partial charge in [0.25, 0.3) is 0 Å². The summed E-state index contributed by atoms with van der Waals surface area (Å²) in [5, 5.41) is 9.87. The van der Waals surface area contributed by atoms with Crippen molar-refractivity contribution in [2.24, 2.45) is 0 Å². The van der Waals surface area contributed by atoms with Crippen molar-refractivity contribution in [1.29, 1.82) is 5.26 Å². The van der Waals surface area contributed by atoms with Gasteiger partial charge in [-0.25, -0.2) is 4.98 Å². The van der Waals surface area contributed by atoms with Crippen LogP contribution in [0.25, 0.3) is 0 Å². The Balaban J connectivity index is 2.73. The van der Waals surface area contributed by atoms with E-state index >= 15 is 0 Å². The van der Waals surface area contributed by atoms with Crippen molar-refractivity contribution in [2.75, 3.05) is 0 Å². The van der Waals surface area contributed by atoms with Crippen molar-refractivity contribution in [3.05, 3.63) is 15.6 Å². The molecule has 14 heavy (non-hydrogen) atoms. The fourth-order valence-corrected chi connectivity index (χ4v) is 3.28. The zero-order valence-corrected chi connectivity index (χ0v) is 11.0. The number of aryl methyl sites for hydroxylation is 2. The van der Waals surface area contributed by atoms with Crippen LogP contribution in [0.1, 0.15) is 15.6 Å². The van der Waals surface area contributed by atoms with E-state index in [9.17, 15) is 0 Å². The number of hydrogen-bond acceptors (Lipinski definition) is 3. The topological polar surface area (TPSA) is 36.7 Å². The van der Waals surface area contributed by atoms with Crippen molar-refractivity contribution in [2.45, 2.75) is 39.0 Å². The molecule has 0 saturated heterocycles. The SMILES string of the molecule is Cc1nc(C#N)c(CC[Si](C)(C)C)s1. The Morgan fingerprint density at radius 1 is 1.43 bits per heavy atom. The number of nitriles is 1. The van der Waals surface area contributed by atoms with Crippen LogP contribution >= 0.6 is 11.3 Å². The van der Waals surface area contributed by atoms with Crippen LogP contribution in [-0.2, 0) is 6.42 Å². The first-order chi connectivity index (χ1) is 6.42. The molecule has 0 amide bonds. The highest BCUT2D eigenvalue weighted by atomic mass is 32.1. The van der Waals surface area contributed by atoms with E-state index in [2.05, 4.69) is 30.7 Å². The highest BCUT2D eigenvalue weighted by Gasteiger charge is 2.15. The second-order valence-electron chi connectivity index (χ2n) is 4.68. The van der Waals surface area contributed by atoms with Gasteiger partial charge in [-0.15, -0.1) is 11.3 Å². The highest BCUT2D eigenvalue weighted by Crippen LogP contribution is 2.22. The predicted molar refractivity (Wildman–Crippen MR) is 63.4 cm³/mol. The van der Waals surface area contributed by atoms with Crippen LogP contribution in [0, 0.1) is 18.3 Å². The second-order valence-corrected chi connectivity index (χ2v) is 11.6. The molecular formula is C10H16N2SSi. The summed E-state index contributed by atoms with van der Waals surface area (Å²) in [5.74, 6) is 0. The van der Waals surface area contributed by atoms with Gasteiger partial charge in [-0.1, -0.05) is 25.7 Å². The summed E-state index contributed by atoms with van der Waals surface area (Å²) in [7, 11) is -0.997. The minimum atomic E-state index is -0.997. The molecule has 0 aliphatic carbocycles. The van der Waals surface area contributed by atoms with Crippen LogP contribution in [0.4, 0.5) is 0 Å². The van der Waals surface area contributed by atoms with Crippen LogP contribution in [0.15, 0.2) is 0 Å². The van der Waals surface area contributed by atoms with E-state index in [0.717, 1.165) is 11.4 Å². The van der Waals surface area contributed by atoms with E-state index in [1.165, 1.54) is 10.9 Å². The third kappa shape index (κ3) is 3.24. The van der Waals surface area contributed by atoms with Crippen LogP contribution in [-0.4, -0.2) is 13.1 Å². The summed E-state index contributed by atoms with van der Waals surface area (Å²) < 4.78 is 0. The normalized spacial score (nSPS) is 11.4. The Hall–Kier alpha value is -0.663. The fourth-order valence-electron chi connectivity index (χ4n) is 1.21. The average molecular weight is 224 g/mol. The molecule has 0 aliphatic heterocycles. The van der Waals surface area contributed by atoms with Gasteiger partial charge in [0.15, 0.2) is 5.69 Å². The van der Waals surface area contributed by atoms with Gasteiger partial charge < -0.3 is 0 Å². The molecule has 0 saturated carbocycles. The van der Waals surface area contributed by atoms with E-state index in [0.29, 0.717) is 5.69 Å². The molecule has 2 nitrogen and oxygen atoms in total. The largest absolute Gasteiger partial charge is 0.231 e. The van der Waals surface area contributed by atoms with Gasteiger partial charge in [0.05, 0.1) is 5.01 Å². The molecule has 0 fully saturated rings. The van der Waals surface area contributed by atoms with Gasteiger partial charge >= 0.3 is 0 Å². The number of aromatic nitrogens is 1. The summed E-state index contributed by atoms with van der Waals surface area (Å²) in [4.78, 5) is 5.38. The molecule has 0 radical (unpaired) electrons. The lowest BCUT2D eigenvalue weighted by Crippen LogP contribution is -2.19. The van der Waals surface area contributed by atoms with Crippen molar-refractivity contribution < 1.29 is 0 Å². The molecular weight excluding hydrogens is 208 g/mol. The molecule has 1 heterocycles. The van der Waals surface area contributed by atoms with E-state index in [1.807, 2.05) is 6.92 Å². The van der Waals surface area contributed by atoms with Gasteiger partial charge in [0.2, 0.25) is 0 Å². The van der Waals surface area contributed by atoms with Crippen molar-refractivity contribution >= 4 is 19.4 Å². The molecule has 0 bridgehead atoms. The zero-order chi connectivity index (χ0) is 10.8. The lowest BCUT2D eigenvalue weighted by Gasteiger charge is -2.14. The van der Waals surface area contributed by atoms with Gasteiger partial charge in [-0.3, -0.25) is 0 Å². The lowest BCUT2D eigenvalue weighted by molar-refractivity contribution is 1.10. The number of thiazole rings is 1. The molecule has 0 aromatic carbocycles. The molecule has 1 rings (SSSR count). The van der Waals surface area contributed by atoms with Crippen LogP contribution in [0.2, 0.25) is 25.7 Å². The maximum atomic E-state index is 8.87. The number of hydrogen-bond donors (Lipinski definition) is 0. The van der Waals surface area contributed by atoms with Crippen molar-refractivity contribution in [3.63, 3.8) is 0 Å².